The summed E-state index contributed by atoms with van der Waals surface area (Å²) in [5.74, 6) is 1.76. The van der Waals surface area contributed by atoms with Gasteiger partial charge in [-0.1, -0.05) is 17.3 Å². The van der Waals surface area contributed by atoms with Gasteiger partial charge in [-0.3, -0.25) is 4.98 Å². The number of ether oxygens (including phenoxy) is 1. The molecule has 0 radical (unpaired) electrons. The van der Waals surface area contributed by atoms with Crippen LogP contribution in [0.5, 0.6) is 5.75 Å². The maximum atomic E-state index is 5.89. The van der Waals surface area contributed by atoms with Crippen LogP contribution in [0.2, 0.25) is 0 Å². The Bertz CT molecular complexity index is 757. The summed E-state index contributed by atoms with van der Waals surface area (Å²) in [5.41, 5.74) is 1.79. The van der Waals surface area contributed by atoms with Crippen LogP contribution >= 0.6 is 0 Å². The van der Waals surface area contributed by atoms with E-state index in [1.807, 2.05) is 36.4 Å². The third-order valence-electron chi connectivity index (χ3n) is 3.27. The van der Waals surface area contributed by atoms with Gasteiger partial charge in [0.2, 0.25) is 5.82 Å². The summed E-state index contributed by atoms with van der Waals surface area (Å²) < 4.78 is 11.2. The zero-order chi connectivity index (χ0) is 14.1. The zero-order valence-electron chi connectivity index (χ0n) is 11.1. The lowest BCUT2D eigenvalue weighted by Crippen LogP contribution is -2.23. The van der Waals surface area contributed by atoms with Crippen molar-refractivity contribution in [1.82, 2.24) is 15.1 Å². The van der Waals surface area contributed by atoms with Crippen molar-refractivity contribution in [3.63, 3.8) is 0 Å². The van der Waals surface area contributed by atoms with E-state index >= 15 is 0 Å². The predicted molar refractivity (Wildman–Crippen MR) is 75.8 cm³/mol. The lowest BCUT2D eigenvalue weighted by atomic mass is 10.2. The van der Waals surface area contributed by atoms with Gasteiger partial charge < -0.3 is 14.6 Å². The zero-order valence-corrected chi connectivity index (χ0v) is 11.1. The number of anilines is 1. The van der Waals surface area contributed by atoms with E-state index in [1.54, 1.807) is 12.4 Å². The largest absolute Gasteiger partial charge is 0.477 e. The third kappa shape index (κ3) is 2.20. The second-order valence-electron chi connectivity index (χ2n) is 4.68. The molecule has 1 aromatic carbocycles. The van der Waals surface area contributed by atoms with Gasteiger partial charge >= 0.3 is 0 Å². The molecule has 1 atom stereocenters. The standard InChI is InChI=1S/C15H12N4O2/c1-2-6-12-11(5-1)17-9-13(20-12)15-18-14(19-21-15)10-4-3-7-16-8-10/h1-8,13,17H,9H2. The van der Waals surface area contributed by atoms with Crippen LogP contribution in [-0.4, -0.2) is 21.7 Å². The molecule has 1 aliphatic heterocycles. The lowest BCUT2D eigenvalue weighted by molar-refractivity contribution is 0.163. The van der Waals surface area contributed by atoms with Crippen molar-refractivity contribution in [2.45, 2.75) is 6.10 Å². The maximum Gasteiger partial charge on any atom is 0.269 e. The highest BCUT2D eigenvalue weighted by molar-refractivity contribution is 5.58. The maximum absolute atomic E-state index is 5.89. The molecular formula is C15H12N4O2. The Morgan fingerprint density at radius 2 is 2.10 bits per heavy atom. The Labute approximate surface area is 120 Å². The van der Waals surface area contributed by atoms with Crippen molar-refractivity contribution in [1.29, 1.82) is 0 Å². The minimum atomic E-state index is -0.294. The Balaban J connectivity index is 1.60. The van der Waals surface area contributed by atoms with Crippen LogP contribution in [0.1, 0.15) is 12.0 Å². The van der Waals surface area contributed by atoms with E-state index in [1.165, 1.54) is 0 Å². The van der Waals surface area contributed by atoms with E-state index in [2.05, 4.69) is 20.4 Å². The summed E-state index contributed by atoms with van der Waals surface area (Å²) in [5, 5.41) is 7.28. The van der Waals surface area contributed by atoms with Gasteiger partial charge in [0.05, 0.1) is 12.2 Å². The number of benzene rings is 1. The molecule has 0 bridgehead atoms. The molecule has 21 heavy (non-hydrogen) atoms. The Morgan fingerprint density at radius 1 is 1.14 bits per heavy atom. The first kappa shape index (κ1) is 11.9. The summed E-state index contributed by atoms with van der Waals surface area (Å²) >= 11 is 0. The van der Waals surface area contributed by atoms with Gasteiger partial charge in [0.1, 0.15) is 5.75 Å². The van der Waals surface area contributed by atoms with Gasteiger partial charge in [-0.25, -0.2) is 0 Å². The Kier molecular flexibility index (Phi) is 2.77. The molecule has 3 heterocycles. The van der Waals surface area contributed by atoms with E-state index in [4.69, 9.17) is 9.26 Å². The SMILES string of the molecule is c1cncc(-c2noc(C3CNc4ccccc4O3)n2)c1. The summed E-state index contributed by atoms with van der Waals surface area (Å²) in [4.78, 5) is 8.44. The number of nitrogens with zero attached hydrogens (tertiary/aromatic N) is 3. The monoisotopic (exact) mass is 280 g/mol. The molecule has 0 amide bonds. The van der Waals surface area contributed by atoms with Crippen molar-refractivity contribution >= 4 is 5.69 Å². The van der Waals surface area contributed by atoms with E-state index in [0.29, 0.717) is 18.3 Å². The van der Waals surface area contributed by atoms with Gasteiger partial charge in [0.15, 0.2) is 6.10 Å². The van der Waals surface area contributed by atoms with E-state index in [9.17, 15) is 0 Å². The first-order valence-corrected chi connectivity index (χ1v) is 6.64. The minimum absolute atomic E-state index is 0.294. The van der Waals surface area contributed by atoms with Crippen molar-refractivity contribution in [2.75, 3.05) is 11.9 Å². The van der Waals surface area contributed by atoms with Crippen LogP contribution in [0.4, 0.5) is 5.69 Å². The van der Waals surface area contributed by atoms with Gasteiger partial charge in [-0.2, -0.15) is 4.98 Å². The molecule has 2 aromatic heterocycles. The molecule has 0 fully saturated rings. The summed E-state index contributed by atoms with van der Waals surface area (Å²) in [7, 11) is 0. The summed E-state index contributed by atoms with van der Waals surface area (Å²) in [6.45, 7) is 0.589. The summed E-state index contributed by atoms with van der Waals surface area (Å²) in [6, 6.07) is 11.5. The average molecular weight is 280 g/mol. The number of nitrogens with one attached hydrogen (secondary N) is 1. The number of hydrogen-bond acceptors (Lipinski definition) is 6. The van der Waals surface area contributed by atoms with Gasteiger partial charge in [-0.05, 0) is 24.3 Å². The molecular weight excluding hydrogens is 268 g/mol. The van der Waals surface area contributed by atoms with E-state index < -0.39 is 0 Å². The number of para-hydroxylation sites is 2. The van der Waals surface area contributed by atoms with Crippen LogP contribution in [-0.2, 0) is 0 Å². The third-order valence-corrected chi connectivity index (χ3v) is 3.27. The van der Waals surface area contributed by atoms with Crippen LogP contribution < -0.4 is 10.1 Å². The fourth-order valence-corrected chi connectivity index (χ4v) is 2.23. The molecule has 4 rings (SSSR count). The van der Waals surface area contributed by atoms with Crippen molar-refractivity contribution in [2.24, 2.45) is 0 Å². The minimum Gasteiger partial charge on any atom is -0.477 e. The first-order chi connectivity index (χ1) is 10.4. The number of hydrogen-bond donors (Lipinski definition) is 1. The van der Waals surface area contributed by atoms with E-state index in [-0.39, 0.29) is 6.10 Å². The predicted octanol–water partition coefficient (Wildman–Crippen LogP) is 2.68. The fourth-order valence-electron chi connectivity index (χ4n) is 2.23. The van der Waals surface area contributed by atoms with Crippen LogP contribution in [0.3, 0.4) is 0 Å². The number of rotatable bonds is 2. The second kappa shape index (κ2) is 4.90. The lowest BCUT2D eigenvalue weighted by Gasteiger charge is -2.24. The normalized spacial score (nSPS) is 16.7. The second-order valence-corrected chi connectivity index (χ2v) is 4.68. The average Bonchev–Trinajstić information content (AvgIpc) is 3.05. The van der Waals surface area contributed by atoms with Crippen molar-refractivity contribution in [3.8, 4) is 17.1 Å². The highest BCUT2D eigenvalue weighted by atomic mass is 16.5. The topological polar surface area (TPSA) is 73.1 Å². The van der Waals surface area contributed by atoms with E-state index in [0.717, 1.165) is 17.0 Å². The smallest absolute Gasteiger partial charge is 0.269 e. The van der Waals surface area contributed by atoms with Crippen LogP contribution in [0.15, 0.2) is 53.3 Å². The van der Waals surface area contributed by atoms with Gasteiger partial charge in [0, 0.05) is 18.0 Å². The molecule has 0 spiro atoms. The molecule has 104 valence electrons. The molecule has 1 unspecified atom stereocenters. The van der Waals surface area contributed by atoms with Crippen molar-refractivity contribution in [3.05, 3.63) is 54.7 Å². The molecule has 0 saturated heterocycles. The number of aromatic nitrogens is 3. The number of pyridine rings is 1. The summed E-state index contributed by atoms with van der Waals surface area (Å²) in [6.07, 6.45) is 3.11. The van der Waals surface area contributed by atoms with Crippen LogP contribution in [0.25, 0.3) is 11.4 Å². The fraction of sp³-hybridized carbons (Fsp3) is 0.133. The van der Waals surface area contributed by atoms with Crippen molar-refractivity contribution < 1.29 is 9.26 Å². The Hall–Kier alpha value is -2.89. The Morgan fingerprint density at radius 3 is 3.00 bits per heavy atom. The highest BCUT2D eigenvalue weighted by Gasteiger charge is 2.26. The van der Waals surface area contributed by atoms with Gasteiger partial charge in [-0.15, -0.1) is 0 Å². The quantitative estimate of drug-likeness (QED) is 0.778. The van der Waals surface area contributed by atoms with Gasteiger partial charge in [0.25, 0.3) is 5.89 Å². The first-order valence-electron chi connectivity index (χ1n) is 6.64. The molecule has 0 aliphatic carbocycles. The molecule has 6 nitrogen and oxygen atoms in total. The molecule has 6 heteroatoms. The molecule has 1 aliphatic rings. The highest BCUT2D eigenvalue weighted by Crippen LogP contribution is 2.33. The van der Waals surface area contributed by atoms with Crippen LogP contribution in [0, 0.1) is 0 Å². The number of fused-ring (bicyclic) bond motifs is 1. The molecule has 3 aromatic rings. The molecule has 1 N–H and O–H groups in total. The molecule has 0 saturated carbocycles.